The van der Waals surface area contributed by atoms with Crippen molar-refractivity contribution >= 4 is 21.6 Å². The first-order valence-electron chi connectivity index (χ1n) is 10.4. The van der Waals surface area contributed by atoms with Crippen molar-refractivity contribution in [2.75, 3.05) is 24.2 Å². The molecule has 5 rings (SSSR count). The van der Waals surface area contributed by atoms with Gasteiger partial charge in [0.1, 0.15) is 0 Å². The third-order valence-electron chi connectivity index (χ3n) is 7.08. The number of piperidine rings is 1. The molecule has 1 spiro atoms. The molecule has 5 nitrogen and oxygen atoms in total. The Morgan fingerprint density at radius 3 is 2.39 bits per heavy atom. The lowest BCUT2D eigenvalue weighted by Crippen LogP contribution is -2.36. The van der Waals surface area contributed by atoms with Crippen LogP contribution in [0.3, 0.4) is 0 Å². The summed E-state index contributed by atoms with van der Waals surface area (Å²) >= 11 is 0. The second kappa shape index (κ2) is 6.51. The van der Waals surface area contributed by atoms with Crippen LogP contribution in [0.1, 0.15) is 30.4 Å². The molecule has 1 aromatic carbocycles. The number of hydrogen-bond acceptors (Lipinski definition) is 4. The monoisotopic (exact) mass is 446 g/mol. The second-order valence-electron chi connectivity index (χ2n) is 9.06. The van der Waals surface area contributed by atoms with Gasteiger partial charge in [0.25, 0.3) is 11.5 Å². The van der Waals surface area contributed by atoms with Crippen LogP contribution >= 0.6 is 0 Å². The lowest BCUT2D eigenvalue weighted by Gasteiger charge is -2.35. The van der Waals surface area contributed by atoms with E-state index in [-0.39, 0.29) is 16.9 Å². The molecule has 2 aliphatic carbocycles. The van der Waals surface area contributed by atoms with Gasteiger partial charge in [0.05, 0.1) is 4.90 Å². The van der Waals surface area contributed by atoms with Crippen molar-refractivity contribution in [3.63, 3.8) is 0 Å². The first kappa shape index (κ1) is 20.4. The standard InChI is InChI=1S/C23H24F2N2O3S/c1-26-13-19(16-4-3-5-17(16)21(26)28)18-12-15(31(2,29)30)6-7-20(18)27-10-8-22(9-11-27)14-23(22,24)25/h3-4,6-7,12-13H,5,8-11,14H2,1-2H3. The van der Waals surface area contributed by atoms with E-state index in [0.717, 1.165) is 23.1 Å². The molecule has 0 unspecified atom stereocenters. The molecule has 2 heterocycles. The molecule has 0 bridgehead atoms. The number of alkyl halides is 2. The molecule has 0 amide bonds. The van der Waals surface area contributed by atoms with Crippen LogP contribution in [0.25, 0.3) is 17.2 Å². The number of anilines is 1. The van der Waals surface area contributed by atoms with Crippen LogP contribution in [0, 0.1) is 5.41 Å². The molecule has 0 atom stereocenters. The molecule has 1 aromatic heterocycles. The van der Waals surface area contributed by atoms with Crippen molar-refractivity contribution in [3.05, 3.63) is 52.0 Å². The van der Waals surface area contributed by atoms with E-state index in [1.807, 2.05) is 12.2 Å². The van der Waals surface area contributed by atoms with Crippen molar-refractivity contribution in [1.29, 1.82) is 0 Å². The Morgan fingerprint density at radius 1 is 1.10 bits per heavy atom. The Bertz CT molecular complexity index is 1290. The summed E-state index contributed by atoms with van der Waals surface area (Å²) in [6.07, 6.45) is 8.06. The van der Waals surface area contributed by atoms with Crippen LogP contribution in [0.2, 0.25) is 0 Å². The summed E-state index contributed by atoms with van der Waals surface area (Å²) in [5, 5.41) is 0. The van der Waals surface area contributed by atoms with Crippen LogP contribution in [-0.2, 0) is 23.3 Å². The van der Waals surface area contributed by atoms with Gasteiger partial charge in [0.2, 0.25) is 0 Å². The SMILES string of the molecule is Cn1cc(-c2cc(S(C)(=O)=O)ccc2N2CCC3(CC2)CC3(F)F)c2c(c1=O)CC=C2. The zero-order valence-electron chi connectivity index (χ0n) is 17.5. The smallest absolute Gasteiger partial charge is 0.254 e. The molecule has 3 aliphatic rings. The molecule has 8 heteroatoms. The fourth-order valence-electron chi connectivity index (χ4n) is 5.05. The number of hydrogen-bond donors (Lipinski definition) is 0. The van der Waals surface area contributed by atoms with Gasteiger partial charge in [-0.3, -0.25) is 4.79 Å². The van der Waals surface area contributed by atoms with Crippen molar-refractivity contribution in [3.8, 4) is 11.1 Å². The van der Waals surface area contributed by atoms with Gasteiger partial charge in [-0.15, -0.1) is 0 Å². The number of halogens is 2. The summed E-state index contributed by atoms with van der Waals surface area (Å²) in [4.78, 5) is 14.8. The van der Waals surface area contributed by atoms with Gasteiger partial charge in [-0.25, -0.2) is 17.2 Å². The Hall–Kier alpha value is -2.48. The Balaban J connectivity index is 1.63. The highest BCUT2D eigenvalue weighted by Crippen LogP contribution is 2.66. The normalized spacial score (nSPS) is 20.8. The molecule has 1 saturated heterocycles. The predicted octanol–water partition coefficient (Wildman–Crippen LogP) is 3.65. The maximum atomic E-state index is 13.8. The summed E-state index contributed by atoms with van der Waals surface area (Å²) in [5.41, 5.74) is 2.86. The number of sulfone groups is 1. The van der Waals surface area contributed by atoms with Gasteiger partial charge in [-0.05, 0) is 43.0 Å². The fraction of sp³-hybridized carbons (Fsp3) is 0.435. The third-order valence-corrected chi connectivity index (χ3v) is 8.19. The molecule has 1 aliphatic heterocycles. The Morgan fingerprint density at radius 2 is 1.77 bits per heavy atom. The van der Waals surface area contributed by atoms with E-state index in [9.17, 15) is 22.0 Å². The fourth-order valence-corrected chi connectivity index (χ4v) is 5.69. The van der Waals surface area contributed by atoms with Gasteiger partial charge in [-0.1, -0.05) is 12.2 Å². The van der Waals surface area contributed by atoms with Gasteiger partial charge in [0.15, 0.2) is 9.84 Å². The number of benzene rings is 1. The van der Waals surface area contributed by atoms with E-state index in [0.29, 0.717) is 43.5 Å². The number of nitrogens with zero attached hydrogens (tertiary/aromatic N) is 2. The highest BCUT2D eigenvalue weighted by Gasteiger charge is 2.70. The highest BCUT2D eigenvalue weighted by molar-refractivity contribution is 7.90. The second-order valence-corrected chi connectivity index (χ2v) is 11.1. The van der Waals surface area contributed by atoms with Gasteiger partial charge in [-0.2, -0.15) is 0 Å². The van der Waals surface area contributed by atoms with Gasteiger partial charge < -0.3 is 9.47 Å². The van der Waals surface area contributed by atoms with E-state index in [4.69, 9.17) is 0 Å². The third kappa shape index (κ3) is 3.14. The zero-order chi connectivity index (χ0) is 22.2. The van der Waals surface area contributed by atoms with E-state index >= 15 is 0 Å². The number of aromatic nitrogens is 1. The molecule has 31 heavy (non-hydrogen) atoms. The van der Waals surface area contributed by atoms with Crippen molar-refractivity contribution in [1.82, 2.24) is 4.57 Å². The molecule has 164 valence electrons. The molecule has 0 N–H and O–H groups in total. The molecule has 2 fully saturated rings. The molecule has 1 saturated carbocycles. The summed E-state index contributed by atoms with van der Waals surface area (Å²) in [6, 6.07) is 4.99. The summed E-state index contributed by atoms with van der Waals surface area (Å²) in [7, 11) is -1.76. The lowest BCUT2D eigenvalue weighted by molar-refractivity contribution is 0.0537. The lowest BCUT2D eigenvalue weighted by atomic mass is 9.91. The molecule has 2 aromatic rings. The van der Waals surface area contributed by atoms with E-state index in [1.165, 1.54) is 4.57 Å². The largest absolute Gasteiger partial charge is 0.371 e. The molecular weight excluding hydrogens is 422 g/mol. The first-order chi connectivity index (χ1) is 14.5. The van der Waals surface area contributed by atoms with Gasteiger partial charge >= 0.3 is 0 Å². The van der Waals surface area contributed by atoms with E-state index in [1.54, 1.807) is 31.4 Å². The summed E-state index contributed by atoms with van der Waals surface area (Å²) < 4.78 is 53.7. The van der Waals surface area contributed by atoms with Gasteiger partial charge in [0, 0.05) is 66.8 Å². The van der Waals surface area contributed by atoms with E-state index in [2.05, 4.69) is 4.90 Å². The Kier molecular flexibility index (Phi) is 4.29. The minimum atomic E-state index is -3.44. The predicted molar refractivity (Wildman–Crippen MR) is 116 cm³/mol. The van der Waals surface area contributed by atoms with Crippen molar-refractivity contribution in [2.45, 2.75) is 36.5 Å². The minimum Gasteiger partial charge on any atom is -0.371 e. The van der Waals surface area contributed by atoms with E-state index < -0.39 is 21.2 Å². The number of pyridine rings is 1. The van der Waals surface area contributed by atoms with Crippen LogP contribution in [0.4, 0.5) is 14.5 Å². The number of rotatable bonds is 3. The van der Waals surface area contributed by atoms with Crippen LogP contribution in [0.5, 0.6) is 0 Å². The van der Waals surface area contributed by atoms with Crippen LogP contribution < -0.4 is 10.5 Å². The Labute approximate surface area is 179 Å². The quantitative estimate of drug-likeness (QED) is 0.722. The summed E-state index contributed by atoms with van der Waals surface area (Å²) in [5.74, 6) is -2.56. The average Bonchev–Trinajstić information content (AvgIpc) is 3.05. The highest BCUT2D eigenvalue weighted by atomic mass is 32.2. The minimum absolute atomic E-state index is 0.0349. The maximum Gasteiger partial charge on any atom is 0.254 e. The van der Waals surface area contributed by atoms with Crippen molar-refractivity contribution in [2.24, 2.45) is 12.5 Å². The zero-order valence-corrected chi connectivity index (χ0v) is 18.3. The number of fused-ring (bicyclic) bond motifs is 1. The van der Waals surface area contributed by atoms with Crippen LogP contribution in [-0.4, -0.2) is 38.3 Å². The summed E-state index contributed by atoms with van der Waals surface area (Å²) in [6.45, 7) is 0.981. The molecule has 0 radical (unpaired) electrons. The average molecular weight is 447 g/mol. The molecular formula is C23H24F2N2O3S. The topological polar surface area (TPSA) is 59.4 Å². The van der Waals surface area contributed by atoms with Crippen molar-refractivity contribution < 1.29 is 17.2 Å². The maximum absolute atomic E-state index is 13.8. The number of aryl methyl sites for hydroxylation is 1. The number of allylic oxidation sites excluding steroid dienone is 1. The van der Waals surface area contributed by atoms with Crippen LogP contribution in [0.15, 0.2) is 40.2 Å². The first-order valence-corrected chi connectivity index (χ1v) is 12.3.